The maximum Gasteiger partial charge on any atom is 0.216 e. The third-order valence-corrected chi connectivity index (χ3v) is 5.29. The fourth-order valence-electron chi connectivity index (χ4n) is 3.92. The molecule has 0 aliphatic carbocycles. The van der Waals surface area contributed by atoms with Gasteiger partial charge in [0.05, 0.1) is 19.3 Å². The molecule has 2 aromatic heterocycles. The Hall–Kier alpha value is -3.00. The number of nitrogens with one attached hydrogen (secondary N) is 1. The van der Waals surface area contributed by atoms with Gasteiger partial charge in [-0.05, 0) is 30.7 Å². The minimum atomic E-state index is -0.0447. The monoisotopic (exact) mass is 394 g/mol. The molecule has 1 saturated heterocycles. The van der Waals surface area contributed by atoms with Gasteiger partial charge in [-0.1, -0.05) is 12.1 Å². The second-order valence-corrected chi connectivity index (χ2v) is 7.39. The number of carbonyl (C=O) groups is 1. The summed E-state index contributed by atoms with van der Waals surface area (Å²) in [6, 6.07) is 8.22. The lowest BCUT2D eigenvalue weighted by Gasteiger charge is -2.16. The van der Waals surface area contributed by atoms with Gasteiger partial charge in [0.2, 0.25) is 5.91 Å². The van der Waals surface area contributed by atoms with Crippen LogP contribution < -0.4 is 10.1 Å². The highest BCUT2D eigenvalue weighted by molar-refractivity contribution is 5.74. The molecule has 0 unspecified atom stereocenters. The highest BCUT2D eigenvalue weighted by Crippen LogP contribution is 2.31. The second-order valence-electron chi connectivity index (χ2n) is 7.39. The predicted molar refractivity (Wildman–Crippen MR) is 110 cm³/mol. The number of ether oxygens (including phenoxy) is 1. The molecule has 152 valence electrons. The van der Waals surface area contributed by atoms with Crippen LogP contribution in [0.25, 0.3) is 11.2 Å². The van der Waals surface area contributed by atoms with Gasteiger partial charge in [-0.2, -0.15) is 5.10 Å². The van der Waals surface area contributed by atoms with Crippen molar-refractivity contribution < 1.29 is 9.53 Å². The van der Waals surface area contributed by atoms with Crippen molar-refractivity contribution in [3.05, 3.63) is 47.9 Å². The van der Waals surface area contributed by atoms with E-state index in [1.165, 1.54) is 12.5 Å². The summed E-state index contributed by atoms with van der Waals surface area (Å²) in [6.07, 6.45) is 4.44. The maximum atomic E-state index is 11.2. The lowest BCUT2D eigenvalue weighted by molar-refractivity contribution is -0.118. The molecule has 1 aromatic carbocycles. The number of hydrogen-bond donors (Lipinski definition) is 1. The summed E-state index contributed by atoms with van der Waals surface area (Å²) in [4.78, 5) is 22.6. The Morgan fingerprint density at radius 3 is 3.00 bits per heavy atom. The molecule has 1 fully saturated rings. The van der Waals surface area contributed by atoms with Crippen LogP contribution in [0.3, 0.4) is 0 Å². The molecule has 3 aromatic rings. The van der Waals surface area contributed by atoms with E-state index >= 15 is 0 Å². The Kier molecular flexibility index (Phi) is 5.71. The number of fused-ring (bicyclic) bond motifs is 1. The average Bonchev–Trinajstić information content (AvgIpc) is 3.33. The van der Waals surface area contributed by atoms with Crippen LogP contribution in [0.2, 0.25) is 0 Å². The summed E-state index contributed by atoms with van der Waals surface area (Å²) in [6.45, 7) is 5.46. The Balaban J connectivity index is 1.49. The summed E-state index contributed by atoms with van der Waals surface area (Å²) < 4.78 is 7.19. The van der Waals surface area contributed by atoms with Crippen LogP contribution in [-0.4, -0.2) is 57.3 Å². The minimum Gasteiger partial charge on any atom is -0.497 e. The largest absolute Gasteiger partial charge is 0.497 e. The molecule has 4 rings (SSSR count). The Labute approximate surface area is 169 Å². The zero-order valence-corrected chi connectivity index (χ0v) is 16.8. The van der Waals surface area contributed by atoms with Crippen LogP contribution in [0.5, 0.6) is 5.75 Å². The van der Waals surface area contributed by atoms with Gasteiger partial charge in [0, 0.05) is 44.9 Å². The van der Waals surface area contributed by atoms with E-state index in [0.717, 1.165) is 48.7 Å². The van der Waals surface area contributed by atoms with Crippen LogP contribution in [0, 0.1) is 0 Å². The van der Waals surface area contributed by atoms with E-state index in [4.69, 9.17) is 9.84 Å². The van der Waals surface area contributed by atoms with E-state index in [1.807, 2.05) is 16.8 Å². The Bertz CT molecular complexity index is 1000. The zero-order valence-electron chi connectivity index (χ0n) is 16.8. The molecule has 1 aliphatic heterocycles. The topological polar surface area (TPSA) is 85.2 Å². The number of likely N-dealkylation sites (tertiary alicyclic amines) is 1. The van der Waals surface area contributed by atoms with Crippen LogP contribution in [0.1, 0.15) is 30.5 Å². The first kappa shape index (κ1) is 19.3. The molecule has 3 heterocycles. The van der Waals surface area contributed by atoms with Crippen molar-refractivity contribution >= 4 is 17.1 Å². The Morgan fingerprint density at radius 2 is 2.17 bits per heavy atom. The molecule has 8 heteroatoms. The van der Waals surface area contributed by atoms with E-state index in [2.05, 4.69) is 32.3 Å². The van der Waals surface area contributed by atoms with Crippen molar-refractivity contribution in [2.24, 2.45) is 0 Å². The van der Waals surface area contributed by atoms with Crippen LogP contribution in [-0.2, 0) is 17.9 Å². The number of aromatic nitrogens is 4. The molecular formula is C21H26N6O2. The number of nitrogens with zero attached hydrogens (tertiary/aromatic N) is 5. The van der Waals surface area contributed by atoms with Crippen LogP contribution >= 0.6 is 0 Å². The van der Waals surface area contributed by atoms with Gasteiger partial charge < -0.3 is 10.1 Å². The SMILES string of the molecule is COc1cccc(CN2CC[C@@H](c3nn(CCNC(C)=O)c4nccnc34)C2)c1. The summed E-state index contributed by atoms with van der Waals surface area (Å²) in [7, 11) is 1.69. The van der Waals surface area contributed by atoms with Gasteiger partial charge in [-0.3, -0.25) is 9.69 Å². The standard InChI is InChI=1S/C21H26N6O2/c1-15(28)22-9-11-27-21-20(23-7-8-24-21)19(25-27)17-6-10-26(14-17)13-16-4-3-5-18(12-16)29-2/h3-5,7-8,12,17H,6,9-11,13-14H2,1-2H3,(H,22,28)/t17-/m1/s1. The average molecular weight is 394 g/mol. The van der Waals surface area contributed by atoms with E-state index < -0.39 is 0 Å². The summed E-state index contributed by atoms with van der Waals surface area (Å²) in [5, 5.41) is 7.65. The smallest absolute Gasteiger partial charge is 0.216 e. The molecule has 8 nitrogen and oxygen atoms in total. The second kappa shape index (κ2) is 8.57. The van der Waals surface area contributed by atoms with Gasteiger partial charge in [-0.15, -0.1) is 0 Å². The highest BCUT2D eigenvalue weighted by Gasteiger charge is 2.29. The number of rotatable bonds is 7. The molecular weight excluding hydrogens is 368 g/mol. The first-order valence-corrected chi connectivity index (χ1v) is 9.91. The number of amides is 1. The third kappa shape index (κ3) is 4.37. The summed E-state index contributed by atoms with van der Waals surface area (Å²) in [5.74, 6) is 1.16. The van der Waals surface area contributed by atoms with Crippen molar-refractivity contribution in [1.29, 1.82) is 0 Å². The van der Waals surface area contributed by atoms with E-state index in [1.54, 1.807) is 19.5 Å². The molecule has 0 spiro atoms. The van der Waals surface area contributed by atoms with Crippen LogP contribution in [0.4, 0.5) is 0 Å². The van der Waals surface area contributed by atoms with Gasteiger partial charge in [0.25, 0.3) is 0 Å². The molecule has 1 amide bonds. The lowest BCUT2D eigenvalue weighted by atomic mass is 10.0. The quantitative estimate of drug-likeness (QED) is 0.659. The first-order valence-electron chi connectivity index (χ1n) is 9.91. The van der Waals surface area contributed by atoms with Crippen LogP contribution in [0.15, 0.2) is 36.7 Å². The van der Waals surface area contributed by atoms with Crippen molar-refractivity contribution in [3.8, 4) is 5.75 Å². The number of benzene rings is 1. The number of hydrogen-bond acceptors (Lipinski definition) is 6. The normalized spacial score (nSPS) is 17.0. The minimum absolute atomic E-state index is 0.0447. The molecule has 1 aliphatic rings. The Morgan fingerprint density at radius 1 is 1.31 bits per heavy atom. The lowest BCUT2D eigenvalue weighted by Crippen LogP contribution is -2.25. The van der Waals surface area contributed by atoms with Crippen molar-refractivity contribution in [3.63, 3.8) is 0 Å². The molecule has 0 radical (unpaired) electrons. The van der Waals surface area contributed by atoms with E-state index in [9.17, 15) is 4.79 Å². The summed E-state index contributed by atoms with van der Waals surface area (Å²) in [5.41, 5.74) is 3.89. The molecule has 0 bridgehead atoms. The van der Waals surface area contributed by atoms with Gasteiger partial charge in [0.15, 0.2) is 5.65 Å². The third-order valence-electron chi connectivity index (χ3n) is 5.29. The highest BCUT2D eigenvalue weighted by atomic mass is 16.5. The maximum absolute atomic E-state index is 11.2. The molecule has 1 N–H and O–H groups in total. The molecule has 1 atom stereocenters. The number of methoxy groups -OCH3 is 1. The first-order chi connectivity index (χ1) is 14.1. The summed E-state index contributed by atoms with van der Waals surface area (Å²) >= 11 is 0. The molecule has 0 saturated carbocycles. The van der Waals surface area contributed by atoms with Crippen molar-refractivity contribution in [2.45, 2.75) is 32.4 Å². The van der Waals surface area contributed by atoms with Crippen molar-refractivity contribution in [2.75, 3.05) is 26.7 Å². The van der Waals surface area contributed by atoms with Crippen molar-refractivity contribution in [1.82, 2.24) is 30.0 Å². The van der Waals surface area contributed by atoms with E-state index in [-0.39, 0.29) is 5.91 Å². The van der Waals surface area contributed by atoms with E-state index in [0.29, 0.717) is 19.0 Å². The van der Waals surface area contributed by atoms with Gasteiger partial charge >= 0.3 is 0 Å². The zero-order chi connectivity index (χ0) is 20.2. The van der Waals surface area contributed by atoms with Gasteiger partial charge in [0.1, 0.15) is 11.3 Å². The fourth-order valence-corrected chi connectivity index (χ4v) is 3.92. The van der Waals surface area contributed by atoms with Gasteiger partial charge in [-0.25, -0.2) is 14.6 Å². The fraction of sp³-hybridized carbons (Fsp3) is 0.429. The predicted octanol–water partition coefficient (Wildman–Crippen LogP) is 1.96. The molecule has 29 heavy (non-hydrogen) atoms. The number of carbonyl (C=O) groups excluding carboxylic acids is 1.